The number of hydrogen-bond acceptors (Lipinski definition) is 7. The highest BCUT2D eigenvalue weighted by Gasteiger charge is 2.51. The van der Waals surface area contributed by atoms with Crippen molar-refractivity contribution in [3.63, 3.8) is 0 Å². The third-order valence-corrected chi connectivity index (χ3v) is 3.36. The van der Waals surface area contributed by atoms with Gasteiger partial charge < -0.3 is 18.9 Å². The Balaban J connectivity index is 2.34. The molecule has 1 unspecified atom stereocenters. The highest BCUT2D eigenvalue weighted by molar-refractivity contribution is 5.68. The lowest BCUT2D eigenvalue weighted by Crippen LogP contribution is -2.61. The molecule has 1 fully saturated rings. The molecule has 0 aromatic carbocycles. The van der Waals surface area contributed by atoms with E-state index in [4.69, 9.17) is 18.9 Å². The zero-order valence-corrected chi connectivity index (χ0v) is 13.7. The SMILES string of the molecule is CC(=O)O[C@H]1[C@H](OC(C)=O)COC([n+]2ccccc2)[C@@H]1OC(C)=O. The van der Waals surface area contributed by atoms with Crippen molar-refractivity contribution in [3.05, 3.63) is 30.6 Å². The van der Waals surface area contributed by atoms with Gasteiger partial charge in [-0.25, -0.2) is 0 Å². The van der Waals surface area contributed by atoms with Crippen LogP contribution in [0.1, 0.15) is 27.0 Å². The Labute approximate surface area is 139 Å². The maximum atomic E-state index is 11.5. The molecule has 8 nitrogen and oxygen atoms in total. The van der Waals surface area contributed by atoms with Crippen molar-refractivity contribution < 1.29 is 37.9 Å². The van der Waals surface area contributed by atoms with Gasteiger partial charge in [-0.3, -0.25) is 14.4 Å². The molecule has 0 spiro atoms. The van der Waals surface area contributed by atoms with E-state index in [1.165, 1.54) is 20.8 Å². The van der Waals surface area contributed by atoms with Crippen molar-refractivity contribution in [2.24, 2.45) is 0 Å². The van der Waals surface area contributed by atoms with Crippen LogP contribution in [0.4, 0.5) is 0 Å². The van der Waals surface area contributed by atoms with E-state index in [1.807, 2.05) is 6.07 Å². The first-order chi connectivity index (χ1) is 11.4. The molecule has 0 radical (unpaired) electrons. The number of esters is 3. The van der Waals surface area contributed by atoms with Crippen LogP contribution in [0.5, 0.6) is 0 Å². The van der Waals surface area contributed by atoms with Gasteiger partial charge in [0, 0.05) is 32.9 Å². The van der Waals surface area contributed by atoms with Gasteiger partial charge in [0.25, 0.3) is 0 Å². The van der Waals surface area contributed by atoms with Gasteiger partial charge in [-0.05, 0) is 0 Å². The molecule has 0 amide bonds. The van der Waals surface area contributed by atoms with Crippen LogP contribution in [0.25, 0.3) is 0 Å². The van der Waals surface area contributed by atoms with Crippen LogP contribution in [-0.4, -0.2) is 42.8 Å². The molecule has 2 rings (SSSR count). The fourth-order valence-corrected chi connectivity index (χ4v) is 2.56. The molecule has 0 saturated carbocycles. The molecule has 1 aromatic heterocycles. The average molecular weight is 338 g/mol. The quantitative estimate of drug-likeness (QED) is 0.443. The summed E-state index contributed by atoms with van der Waals surface area (Å²) in [4.78, 5) is 34.3. The average Bonchev–Trinajstić information content (AvgIpc) is 2.50. The predicted molar refractivity (Wildman–Crippen MR) is 78.3 cm³/mol. The molecule has 24 heavy (non-hydrogen) atoms. The minimum atomic E-state index is -0.971. The first-order valence-corrected chi connectivity index (χ1v) is 7.47. The fourth-order valence-electron chi connectivity index (χ4n) is 2.56. The Morgan fingerprint density at radius 3 is 1.96 bits per heavy atom. The second kappa shape index (κ2) is 7.87. The van der Waals surface area contributed by atoms with Crippen LogP contribution in [0.2, 0.25) is 0 Å². The summed E-state index contributed by atoms with van der Waals surface area (Å²) in [7, 11) is 0. The van der Waals surface area contributed by atoms with E-state index < -0.39 is 42.4 Å². The Bertz CT molecular complexity index is 604. The summed E-state index contributed by atoms with van der Waals surface area (Å²) >= 11 is 0. The van der Waals surface area contributed by atoms with E-state index in [1.54, 1.807) is 29.1 Å². The molecule has 2 heterocycles. The number of pyridine rings is 1. The molecule has 0 aliphatic carbocycles. The lowest BCUT2D eigenvalue weighted by atomic mass is 10.0. The number of ether oxygens (including phenoxy) is 4. The Kier molecular flexibility index (Phi) is 5.86. The summed E-state index contributed by atoms with van der Waals surface area (Å²) < 4.78 is 23.2. The summed E-state index contributed by atoms with van der Waals surface area (Å²) in [5.41, 5.74) is 0. The van der Waals surface area contributed by atoms with Gasteiger partial charge in [0.2, 0.25) is 6.10 Å². The molecule has 8 heteroatoms. The van der Waals surface area contributed by atoms with Crippen LogP contribution in [0, 0.1) is 0 Å². The lowest BCUT2D eigenvalue weighted by Gasteiger charge is -2.37. The van der Waals surface area contributed by atoms with Crippen molar-refractivity contribution in [1.29, 1.82) is 0 Å². The van der Waals surface area contributed by atoms with E-state index in [0.717, 1.165) is 0 Å². The molecule has 1 aliphatic heterocycles. The highest BCUT2D eigenvalue weighted by atomic mass is 16.6. The summed E-state index contributed by atoms with van der Waals surface area (Å²) in [5, 5.41) is 0. The second-order valence-electron chi connectivity index (χ2n) is 5.34. The van der Waals surface area contributed by atoms with E-state index in [-0.39, 0.29) is 6.61 Å². The van der Waals surface area contributed by atoms with Gasteiger partial charge >= 0.3 is 24.1 Å². The summed E-state index contributed by atoms with van der Waals surface area (Å²) in [6, 6.07) is 5.39. The van der Waals surface area contributed by atoms with Crippen molar-refractivity contribution in [2.75, 3.05) is 6.61 Å². The van der Waals surface area contributed by atoms with Crippen molar-refractivity contribution in [1.82, 2.24) is 0 Å². The minimum Gasteiger partial charge on any atom is -0.456 e. The zero-order valence-electron chi connectivity index (χ0n) is 13.7. The van der Waals surface area contributed by atoms with Gasteiger partial charge in [0.1, 0.15) is 0 Å². The Hall–Kier alpha value is -2.48. The molecule has 130 valence electrons. The monoisotopic (exact) mass is 338 g/mol. The zero-order chi connectivity index (χ0) is 17.7. The number of nitrogens with zero attached hydrogens (tertiary/aromatic N) is 1. The Morgan fingerprint density at radius 2 is 1.42 bits per heavy atom. The molecular formula is C16H20NO7+. The number of hydrogen-bond donors (Lipinski definition) is 0. The number of carbonyl (C=O) groups is 3. The first-order valence-electron chi connectivity index (χ1n) is 7.47. The largest absolute Gasteiger partial charge is 0.456 e. The molecule has 1 saturated heterocycles. The summed E-state index contributed by atoms with van der Waals surface area (Å²) in [5.74, 6) is -1.69. The van der Waals surface area contributed by atoms with Crippen LogP contribution in [-0.2, 0) is 33.3 Å². The van der Waals surface area contributed by atoms with Gasteiger partial charge in [-0.2, -0.15) is 4.57 Å². The Morgan fingerprint density at radius 1 is 0.875 bits per heavy atom. The van der Waals surface area contributed by atoms with E-state index >= 15 is 0 Å². The van der Waals surface area contributed by atoms with Crippen LogP contribution in [0.3, 0.4) is 0 Å². The lowest BCUT2D eigenvalue weighted by molar-refractivity contribution is -0.774. The predicted octanol–water partition coefficient (Wildman–Crippen LogP) is 0.298. The van der Waals surface area contributed by atoms with E-state index in [2.05, 4.69) is 0 Å². The normalized spacial score (nSPS) is 26.3. The molecule has 0 bridgehead atoms. The van der Waals surface area contributed by atoms with Gasteiger partial charge in [0.05, 0.1) is 6.61 Å². The number of rotatable bonds is 4. The van der Waals surface area contributed by atoms with Crippen LogP contribution in [0.15, 0.2) is 30.6 Å². The first kappa shape index (κ1) is 17.9. The number of carbonyl (C=O) groups excluding carboxylic acids is 3. The smallest absolute Gasteiger partial charge is 0.304 e. The van der Waals surface area contributed by atoms with Crippen molar-refractivity contribution in [3.8, 4) is 0 Å². The van der Waals surface area contributed by atoms with Gasteiger partial charge in [0.15, 0.2) is 24.6 Å². The molecule has 1 aliphatic rings. The standard InChI is InChI=1S/C16H20NO7/c1-10(18)22-13-9-21-16(17-7-5-4-6-8-17)15(24-12(3)20)14(13)23-11(2)19/h4-8,13-16H,9H2,1-3H3/q+1/t13-,14+,15-,16?/m1/s1. The second-order valence-corrected chi connectivity index (χ2v) is 5.34. The summed E-state index contributed by atoms with van der Waals surface area (Å²) in [6.07, 6.45) is -0.0442. The van der Waals surface area contributed by atoms with Gasteiger partial charge in [-0.1, -0.05) is 6.07 Å². The maximum absolute atomic E-state index is 11.5. The van der Waals surface area contributed by atoms with E-state index in [9.17, 15) is 14.4 Å². The van der Waals surface area contributed by atoms with E-state index in [0.29, 0.717) is 0 Å². The molecular weight excluding hydrogens is 318 g/mol. The minimum absolute atomic E-state index is 0.00184. The third-order valence-electron chi connectivity index (χ3n) is 3.36. The van der Waals surface area contributed by atoms with Crippen molar-refractivity contribution >= 4 is 17.9 Å². The molecule has 0 N–H and O–H groups in total. The molecule has 4 atom stereocenters. The van der Waals surface area contributed by atoms with Crippen LogP contribution < -0.4 is 4.57 Å². The fraction of sp³-hybridized carbons (Fsp3) is 0.500. The third kappa shape index (κ3) is 4.51. The van der Waals surface area contributed by atoms with Gasteiger partial charge in [-0.15, -0.1) is 0 Å². The summed E-state index contributed by atoms with van der Waals surface area (Å²) in [6.45, 7) is 3.72. The van der Waals surface area contributed by atoms with Crippen LogP contribution >= 0.6 is 0 Å². The number of aromatic nitrogens is 1. The van der Waals surface area contributed by atoms with Crippen molar-refractivity contribution in [2.45, 2.75) is 45.3 Å². The highest BCUT2D eigenvalue weighted by Crippen LogP contribution is 2.27. The molecule has 1 aromatic rings. The maximum Gasteiger partial charge on any atom is 0.304 e. The topological polar surface area (TPSA) is 92.0 Å².